The van der Waals surface area contributed by atoms with Gasteiger partial charge in [-0.05, 0) is 32.6 Å². The molecule has 0 aromatic carbocycles. The molecule has 2 aliphatic rings. The fraction of sp³-hybridized carbons (Fsp3) is 0.500. The number of ether oxygens (including phenoxy) is 1. The number of methoxy groups -OCH3 is 1. The van der Waals surface area contributed by atoms with Gasteiger partial charge in [0.1, 0.15) is 0 Å². The van der Waals surface area contributed by atoms with E-state index < -0.39 is 0 Å². The summed E-state index contributed by atoms with van der Waals surface area (Å²) < 4.78 is 5.08. The maximum absolute atomic E-state index is 12.0. The topological polar surface area (TPSA) is 43.4 Å². The fourth-order valence-corrected chi connectivity index (χ4v) is 1.88. The van der Waals surface area contributed by atoms with Crippen LogP contribution in [0.25, 0.3) is 0 Å². The molecule has 0 atom stereocenters. The van der Waals surface area contributed by atoms with Crippen molar-refractivity contribution in [2.75, 3.05) is 7.11 Å². The van der Waals surface area contributed by atoms with Crippen molar-refractivity contribution in [3.8, 4) is 0 Å². The first-order chi connectivity index (χ1) is 7.07. The van der Waals surface area contributed by atoms with Gasteiger partial charge in [0.05, 0.1) is 7.11 Å². The van der Waals surface area contributed by atoms with Crippen LogP contribution in [0.4, 0.5) is 0 Å². The van der Waals surface area contributed by atoms with Gasteiger partial charge in [0.15, 0.2) is 11.5 Å². The Morgan fingerprint density at radius 2 is 1.60 bits per heavy atom. The lowest BCUT2D eigenvalue weighted by atomic mass is 9.87. The molecule has 1 fully saturated rings. The lowest BCUT2D eigenvalue weighted by Crippen LogP contribution is -2.23. The Bertz CT molecular complexity index is 409. The molecule has 0 bridgehead atoms. The first-order valence-electron chi connectivity index (χ1n) is 5.13. The Morgan fingerprint density at radius 3 is 2.07 bits per heavy atom. The zero-order valence-electron chi connectivity index (χ0n) is 9.22. The van der Waals surface area contributed by atoms with Gasteiger partial charge in [-0.3, -0.25) is 9.59 Å². The van der Waals surface area contributed by atoms with E-state index in [0.29, 0.717) is 16.7 Å². The van der Waals surface area contributed by atoms with Crippen LogP contribution in [0.5, 0.6) is 0 Å². The molecule has 0 aromatic heterocycles. The van der Waals surface area contributed by atoms with Gasteiger partial charge in [0.2, 0.25) is 5.78 Å². The van der Waals surface area contributed by atoms with Crippen molar-refractivity contribution < 1.29 is 14.3 Å². The molecule has 3 heteroatoms. The molecule has 15 heavy (non-hydrogen) atoms. The Balaban J connectivity index is 2.52. The van der Waals surface area contributed by atoms with E-state index in [4.69, 9.17) is 4.74 Å². The average Bonchev–Trinajstić information content (AvgIpc) is 3.03. The first-order valence-corrected chi connectivity index (χ1v) is 5.13. The molecule has 0 heterocycles. The van der Waals surface area contributed by atoms with Gasteiger partial charge in [-0.1, -0.05) is 0 Å². The summed E-state index contributed by atoms with van der Waals surface area (Å²) in [6.07, 6.45) is 1.99. The van der Waals surface area contributed by atoms with E-state index in [2.05, 4.69) is 0 Å². The Morgan fingerprint density at radius 1 is 1.07 bits per heavy atom. The van der Waals surface area contributed by atoms with Gasteiger partial charge in [0, 0.05) is 16.7 Å². The minimum Gasteiger partial charge on any atom is -0.492 e. The molecule has 2 aliphatic carbocycles. The average molecular weight is 206 g/mol. The summed E-state index contributed by atoms with van der Waals surface area (Å²) in [4.78, 5) is 23.8. The summed E-state index contributed by atoms with van der Waals surface area (Å²) in [6, 6.07) is 0. The van der Waals surface area contributed by atoms with E-state index in [1.165, 1.54) is 7.11 Å². The normalized spacial score (nSPS) is 22.6. The SMILES string of the molecule is COC1=C(C2CC2)C(=O)C(C)=C(C)C1=O. The highest BCUT2D eigenvalue weighted by Gasteiger charge is 2.39. The van der Waals surface area contributed by atoms with Crippen LogP contribution in [-0.2, 0) is 14.3 Å². The highest BCUT2D eigenvalue weighted by Crippen LogP contribution is 2.42. The van der Waals surface area contributed by atoms with Crippen LogP contribution < -0.4 is 0 Å². The van der Waals surface area contributed by atoms with E-state index in [-0.39, 0.29) is 23.2 Å². The molecule has 0 radical (unpaired) electrons. The van der Waals surface area contributed by atoms with Crippen molar-refractivity contribution in [1.82, 2.24) is 0 Å². The van der Waals surface area contributed by atoms with Crippen LogP contribution in [0.1, 0.15) is 26.7 Å². The smallest absolute Gasteiger partial charge is 0.224 e. The summed E-state index contributed by atoms with van der Waals surface area (Å²) in [5, 5.41) is 0. The Kier molecular flexibility index (Phi) is 2.25. The second kappa shape index (κ2) is 3.33. The number of carbonyl (C=O) groups excluding carboxylic acids is 2. The predicted octanol–water partition coefficient (Wildman–Crippen LogP) is 1.79. The standard InChI is InChI=1S/C12H14O3/c1-6-7(2)11(14)12(15-3)9(10(6)13)8-4-5-8/h8H,4-5H2,1-3H3. The van der Waals surface area contributed by atoms with Crippen LogP contribution in [0, 0.1) is 5.92 Å². The molecule has 0 amide bonds. The number of Topliss-reactive ketones (excluding diaryl/α,β-unsaturated/α-hetero) is 2. The Labute approximate surface area is 88.8 Å². The quantitative estimate of drug-likeness (QED) is 0.647. The zero-order chi connectivity index (χ0) is 11.2. The molecule has 1 saturated carbocycles. The van der Waals surface area contributed by atoms with Crippen molar-refractivity contribution in [2.24, 2.45) is 5.92 Å². The Hall–Kier alpha value is -1.38. The van der Waals surface area contributed by atoms with E-state index in [1.807, 2.05) is 0 Å². The molecule has 0 aromatic rings. The van der Waals surface area contributed by atoms with E-state index >= 15 is 0 Å². The predicted molar refractivity (Wildman–Crippen MR) is 55.1 cm³/mol. The van der Waals surface area contributed by atoms with E-state index in [0.717, 1.165) is 12.8 Å². The maximum atomic E-state index is 12.0. The molecular weight excluding hydrogens is 192 g/mol. The summed E-state index contributed by atoms with van der Waals surface area (Å²) in [6.45, 7) is 3.39. The summed E-state index contributed by atoms with van der Waals surface area (Å²) in [5.74, 6) is 0.382. The lowest BCUT2D eigenvalue weighted by molar-refractivity contribution is -0.119. The van der Waals surface area contributed by atoms with Crippen LogP contribution >= 0.6 is 0 Å². The van der Waals surface area contributed by atoms with Gasteiger partial charge in [-0.15, -0.1) is 0 Å². The number of carbonyl (C=O) groups is 2. The zero-order valence-corrected chi connectivity index (χ0v) is 9.22. The first kappa shape index (κ1) is 10.1. The molecule has 80 valence electrons. The summed E-state index contributed by atoms with van der Waals surface area (Å²) in [5.41, 5.74) is 1.69. The number of allylic oxidation sites excluding steroid dienone is 3. The third-order valence-corrected chi connectivity index (χ3v) is 3.13. The van der Waals surface area contributed by atoms with Gasteiger partial charge in [-0.2, -0.15) is 0 Å². The third-order valence-electron chi connectivity index (χ3n) is 3.13. The van der Waals surface area contributed by atoms with Crippen molar-refractivity contribution >= 4 is 11.6 Å². The van der Waals surface area contributed by atoms with Crippen molar-refractivity contribution in [2.45, 2.75) is 26.7 Å². The second-order valence-electron chi connectivity index (χ2n) is 4.13. The van der Waals surface area contributed by atoms with Crippen LogP contribution in [0.2, 0.25) is 0 Å². The number of hydrogen-bond donors (Lipinski definition) is 0. The van der Waals surface area contributed by atoms with Crippen molar-refractivity contribution in [1.29, 1.82) is 0 Å². The molecule has 0 N–H and O–H groups in total. The maximum Gasteiger partial charge on any atom is 0.224 e. The number of hydrogen-bond acceptors (Lipinski definition) is 3. The lowest BCUT2D eigenvalue weighted by Gasteiger charge is -2.19. The van der Waals surface area contributed by atoms with Crippen LogP contribution in [-0.4, -0.2) is 18.7 Å². The molecular formula is C12H14O3. The molecule has 3 nitrogen and oxygen atoms in total. The molecule has 0 saturated heterocycles. The van der Waals surface area contributed by atoms with Crippen molar-refractivity contribution in [3.63, 3.8) is 0 Å². The van der Waals surface area contributed by atoms with Crippen LogP contribution in [0.15, 0.2) is 22.5 Å². The minimum absolute atomic E-state index is 0.00792. The van der Waals surface area contributed by atoms with Gasteiger partial charge >= 0.3 is 0 Å². The third kappa shape index (κ3) is 1.42. The second-order valence-corrected chi connectivity index (χ2v) is 4.13. The number of ketones is 2. The van der Waals surface area contributed by atoms with Crippen molar-refractivity contribution in [3.05, 3.63) is 22.5 Å². The van der Waals surface area contributed by atoms with E-state index in [9.17, 15) is 9.59 Å². The molecule has 0 unspecified atom stereocenters. The highest BCUT2D eigenvalue weighted by molar-refractivity contribution is 6.24. The fourth-order valence-electron chi connectivity index (χ4n) is 1.88. The van der Waals surface area contributed by atoms with E-state index in [1.54, 1.807) is 13.8 Å². The molecule has 2 rings (SSSR count). The summed E-state index contributed by atoms with van der Waals surface area (Å²) >= 11 is 0. The highest BCUT2D eigenvalue weighted by atomic mass is 16.5. The van der Waals surface area contributed by atoms with Gasteiger partial charge < -0.3 is 4.74 Å². The number of rotatable bonds is 2. The van der Waals surface area contributed by atoms with Gasteiger partial charge in [-0.25, -0.2) is 0 Å². The largest absolute Gasteiger partial charge is 0.492 e. The molecule has 0 spiro atoms. The minimum atomic E-state index is -0.128. The summed E-state index contributed by atoms with van der Waals surface area (Å²) in [7, 11) is 1.46. The van der Waals surface area contributed by atoms with Gasteiger partial charge in [0.25, 0.3) is 0 Å². The van der Waals surface area contributed by atoms with Crippen LogP contribution in [0.3, 0.4) is 0 Å². The monoisotopic (exact) mass is 206 g/mol. The molecule has 0 aliphatic heterocycles.